The lowest BCUT2D eigenvalue weighted by Gasteiger charge is -2.46. The Morgan fingerprint density at radius 1 is 0.894 bits per heavy atom. The van der Waals surface area contributed by atoms with Gasteiger partial charge in [-0.15, -0.1) is 0 Å². The summed E-state index contributed by atoms with van der Waals surface area (Å²) in [4.78, 5) is 56.1. The number of fused-ring (bicyclic) bond motifs is 2. The second kappa shape index (κ2) is 13.9. The minimum Gasteiger partial charge on any atom is -0.482 e. The number of urea groups is 1. The van der Waals surface area contributed by atoms with Crippen molar-refractivity contribution in [3.8, 4) is 5.75 Å². The Hall–Kier alpha value is -5.42. The fraction of sp³-hybridized carbons (Fsp3) is 0.278. The van der Waals surface area contributed by atoms with Crippen LogP contribution in [0.5, 0.6) is 5.75 Å². The first-order chi connectivity index (χ1) is 22.8. The number of rotatable bonds is 10. The van der Waals surface area contributed by atoms with Crippen molar-refractivity contribution in [2.45, 2.75) is 31.7 Å². The van der Waals surface area contributed by atoms with Crippen LogP contribution >= 0.6 is 0 Å². The van der Waals surface area contributed by atoms with Crippen molar-refractivity contribution < 1.29 is 28.7 Å². The molecule has 11 nitrogen and oxygen atoms in total. The van der Waals surface area contributed by atoms with Crippen molar-refractivity contribution >= 4 is 34.6 Å². The topological polar surface area (TPSA) is 112 Å². The van der Waals surface area contributed by atoms with Crippen LogP contribution in [0.3, 0.4) is 0 Å². The molecule has 4 aromatic rings. The zero-order chi connectivity index (χ0) is 32.9. The van der Waals surface area contributed by atoms with Gasteiger partial charge in [0, 0.05) is 26.6 Å². The highest BCUT2D eigenvalue weighted by Gasteiger charge is 2.51. The Morgan fingerprint density at radius 3 is 2.38 bits per heavy atom. The molecule has 0 unspecified atom stereocenters. The Bertz CT molecular complexity index is 1760. The van der Waals surface area contributed by atoms with Gasteiger partial charge >= 0.3 is 12.0 Å². The molecule has 2 saturated heterocycles. The lowest BCUT2D eigenvalue weighted by molar-refractivity contribution is -0.157. The molecule has 2 heterocycles. The summed E-state index contributed by atoms with van der Waals surface area (Å²) in [5.74, 6) is -0.392. The number of ether oxygens (including phenoxy) is 2. The Kier molecular flexibility index (Phi) is 9.35. The van der Waals surface area contributed by atoms with Gasteiger partial charge in [-0.3, -0.25) is 14.6 Å². The quantitative estimate of drug-likeness (QED) is 0.265. The first kappa shape index (κ1) is 31.6. The molecule has 4 aromatic carbocycles. The van der Waals surface area contributed by atoms with Gasteiger partial charge in [-0.05, 0) is 39.6 Å². The zero-order valence-corrected chi connectivity index (χ0v) is 26.4. The van der Waals surface area contributed by atoms with Crippen molar-refractivity contribution in [3.05, 3.63) is 114 Å². The number of methoxy groups -OCH3 is 1. The highest BCUT2D eigenvalue weighted by atomic mass is 16.6. The van der Waals surface area contributed by atoms with Crippen LogP contribution in [0.2, 0.25) is 0 Å². The molecule has 2 atom stereocenters. The number of benzene rings is 4. The van der Waals surface area contributed by atoms with Crippen molar-refractivity contribution in [2.75, 3.05) is 33.9 Å². The number of hydrazine groups is 1. The molecule has 0 bridgehead atoms. The van der Waals surface area contributed by atoms with Crippen molar-refractivity contribution in [3.63, 3.8) is 0 Å². The number of nitrogens with zero attached hydrogens (tertiary/aromatic N) is 4. The number of esters is 1. The van der Waals surface area contributed by atoms with Gasteiger partial charge in [0.15, 0.2) is 6.61 Å². The predicted octanol–water partition coefficient (Wildman–Crippen LogP) is 3.57. The van der Waals surface area contributed by atoms with E-state index in [1.54, 1.807) is 34.0 Å². The van der Waals surface area contributed by atoms with E-state index >= 15 is 0 Å². The van der Waals surface area contributed by atoms with Gasteiger partial charge in [-0.1, -0.05) is 84.9 Å². The molecule has 242 valence electrons. The van der Waals surface area contributed by atoms with Gasteiger partial charge in [0.1, 0.15) is 18.0 Å². The fourth-order valence-electron chi connectivity index (χ4n) is 6.24. The van der Waals surface area contributed by atoms with E-state index in [-0.39, 0.29) is 44.0 Å². The van der Waals surface area contributed by atoms with E-state index in [0.29, 0.717) is 18.8 Å². The fourth-order valence-corrected chi connectivity index (χ4v) is 6.24. The largest absolute Gasteiger partial charge is 0.482 e. The molecule has 2 aliphatic rings. The lowest BCUT2D eigenvalue weighted by atomic mass is 9.99. The van der Waals surface area contributed by atoms with Crippen molar-refractivity contribution in [1.82, 2.24) is 25.1 Å². The molecule has 4 amide bonds. The predicted molar refractivity (Wildman–Crippen MR) is 175 cm³/mol. The van der Waals surface area contributed by atoms with E-state index in [2.05, 4.69) is 10.1 Å². The first-order valence-corrected chi connectivity index (χ1v) is 15.5. The average molecular weight is 636 g/mol. The van der Waals surface area contributed by atoms with E-state index in [1.165, 1.54) is 12.1 Å². The normalized spacial score (nSPS) is 17.8. The maximum Gasteiger partial charge on any atom is 0.343 e. The molecule has 2 aliphatic heterocycles. The molecular weight excluding hydrogens is 598 g/mol. The molecular formula is C36H37N5O6. The number of carbonyl (C=O) groups excluding carboxylic acids is 4. The summed E-state index contributed by atoms with van der Waals surface area (Å²) in [5.41, 5.74) is 2.78. The molecule has 47 heavy (non-hydrogen) atoms. The number of hydrogen-bond donors (Lipinski definition) is 1. The van der Waals surface area contributed by atoms with E-state index in [9.17, 15) is 19.2 Å². The van der Waals surface area contributed by atoms with Crippen LogP contribution in [0.1, 0.15) is 16.7 Å². The van der Waals surface area contributed by atoms with Gasteiger partial charge < -0.3 is 24.6 Å². The van der Waals surface area contributed by atoms with Gasteiger partial charge in [-0.25, -0.2) is 9.59 Å². The van der Waals surface area contributed by atoms with Gasteiger partial charge in [0.2, 0.25) is 11.8 Å². The molecule has 0 spiro atoms. The van der Waals surface area contributed by atoms with Gasteiger partial charge in [0.05, 0.1) is 20.2 Å². The molecule has 11 heteroatoms. The van der Waals surface area contributed by atoms with Gasteiger partial charge in [0.25, 0.3) is 0 Å². The average Bonchev–Trinajstić information content (AvgIpc) is 3.43. The van der Waals surface area contributed by atoms with E-state index in [4.69, 9.17) is 4.74 Å². The number of carbonyl (C=O) groups is 4. The van der Waals surface area contributed by atoms with E-state index in [0.717, 1.165) is 27.5 Å². The highest BCUT2D eigenvalue weighted by molar-refractivity contribution is 5.92. The minimum atomic E-state index is -0.788. The number of piperazine rings is 1. The van der Waals surface area contributed by atoms with Crippen molar-refractivity contribution in [1.29, 1.82) is 0 Å². The van der Waals surface area contributed by atoms with Gasteiger partial charge in [-0.2, -0.15) is 5.01 Å². The third-order valence-electron chi connectivity index (χ3n) is 8.71. The monoisotopic (exact) mass is 635 g/mol. The Labute approximate surface area is 273 Å². The van der Waals surface area contributed by atoms with E-state index < -0.39 is 18.2 Å². The number of amides is 4. The van der Waals surface area contributed by atoms with Crippen LogP contribution in [0, 0.1) is 0 Å². The first-order valence-electron chi connectivity index (χ1n) is 15.5. The maximum atomic E-state index is 14.3. The van der Waals surface area contributed by atoms with Crippen LogP contribution in [0.15, 0.2) is 97.1 Å². The van der Waals surface area contributed by atoms with Crippen LogP contribution in [0.4, 0.5) is 4.79 Å². The van der Waals surface area contributed by atoms with Crippen LogP contribution in [-0.4, -0.2) is 89.7 Å². The lowest BCUT2D eigenvalue weighted by Crippen LogP contribution is -2.65. The van der Waals surface area contributed by atoms with E-state index in [1.807, 2.05) is 84.9 Å². The summed E-state index contributed by atoms with van der Waals surface area (Å²) in [5, 5.41) is 8.26. The molecule has 1 N–H and O–H groups in total. The second-order valence-corrected chi connectivity index (χ2v) is 11.6. The molecule has 0 saturated carbocycles. The summed E-state index contributed by atoms with van der Waals surface area (Å²) in [6, 6.07) is 29.6. The SMILES string of the molecule is COC(=O)COc1ccc(C[C@H]2C(=O)N(Cc3cccc4ccccc34)C[C@H]3N2C(=O)CN3N(C)C(=O)NCc2ccccc2)cc1. The van der Waals surface area contributed by atoms with Crippen LogP contribution in [-0.2, 0) is 38.6 Å². The summed E-state index contributed by atoms with van der Waals surface area (Å²) < 4.78 is 10.1. The molecule has 2 fully saturated rings. The highest BCUT2D eigenvalue weighted by Crippen LogP contribution is 2.31. The summed E-state index contributed by atoms with van der Waals surface area (Å²) in [6.45, 7) is 0.681. The summed E-state index contributed by atoms with van der Waals surface area (Å²) in [6.07, 6.45) is -0.280. The standard InChI is InChI=1S/C36H37N5O6/c1-38(36(45)37-20-26-9-4-3-5-10-26)40-23-33(42)41-31(19-25-15-17-29(18-16-25)47-24-34(43)46-2)35(44)39(22-32(40)41)21-28-13-8-12-27-11-6-7-14-30(27)28/h3-18,31-32H,19-24H2,1-2H3,(H,37,45)/t31-,32+/m0/s1. The minimum absolute atomic E-state index is 0.0356. The second-order valence-electron chi connectivity index (χ2n) is 11.6. The third kappa shape index (κ3) is 6.90. The molecule has 0 aromatic heterocycles. The molecule has 0 radical (unpaired) electrons. The summed E-state index contributed by atoms with van der Waals surface area (Å²) >= 11 is 0. The van der Waals surface area contributed by atoms with Crippen LogP contribution in [0.25, 0.3) is 10.8 Å². The van der Waals surface area contributed by atoms with Crippen molar-refractivity contribution in [2.24, 2.45) is 0 Å². The summed E-state index contributed by atoms with van der Waals surface area (Å²) in [7, 11) is 2.94. The number of hydrogen-bond acceptors (Lipinski definition) is 7. The number of nitrogens with one attached hydrogen (secondary N) is 1. The molecule has 0 aliphatic carbocycles. The third-order valence-corrected chi connectivity index (χ3v) is 8.71. The Morgan fingerprint density at radius 2 is 1.62 bits per heavy atom. The zero-order valence-electron chi connectivity index (χ0n) is 26.4. The Balaban J connectivity index is 1.26. The van der Waals surface area contributed by atoms with Crippen LogP contribution < -0.4 is 10.1 Å². The smallest absolute Gasteiger partial charge is 0.343 e. The molecule has 6 rings (SSSR count). The maximum absolute atomic E-state index is 14.3.